The van der Waals surface area contributed by atoms with Crippen LogP contribution in [-0.2, 0) is 11.2 Å². The molecule has 3 N–H and O–H groups in total. The highest BCUT2D eigenvalue weighted by molar-refractivity contribution is 5.80. The lowest BCUT2D eigenvalue weighted by atomic mass is 10.1. The molecule has 0 aromatic carbocycles. The van der Waals surface area contributed by atoms with Crippen molar-refractivity contribution in [2.75, 3.05) is 30.8 Å². The fourth-order valence-corrected chi connectivity index (χ4v) is 1.69. The van der Waals surface area contributed by atoms with Crippen LogP contribution in [0.1, 0.15) is 25.8 Å². The van der Waals surface area contributed by atoms with Crippen LogP contribution in [0.25, 0.3) is 0 Å². The van der Waals surface area contributed by atoms with Gasteiger partial charge in [0.05, 0.1) is 6.54 Å². The number of hydrogen-bond donors (Lipinski definition) is 3. The topological polar surface area (TPSA) is 78.9 Å². The summed E-state index contributed by atoms with van der Waals surface area (Å²) in [6.45, 7) is 4.85. The smallest absolute Gasteiger partial charge is 0.239 e. The lowest BCUT2D eigenvalue weighted by Crippen LogP contribution is -2.30. The molecule has 0 saturated carbocycles. The number of nitrogens with zero attached hydrogens (tertiary/aromatic N) is 2. The van der Waals surface area contributed by atoms with Crippen molar-refractivity contribution in [3.8, 4) is 0 Å². The van der Waals surface area contributed by atoms with Crippen LogP contribution in [0.5, 0.6) is 0 Å². The molecular weight excluding hydrogens is 230 g/mol. The molecule has 0 bridgehead atoms. The SMILES string of the molecule is CCCc1c(NC)ncnc1NCC(=O)NCC. The zero-order chi connectivity index (χ0) is 13.4. The standard InChI is InChI=1S/C12H21N5O/c1-4-6-9-11(13-3)16-8-17-12(9)15-7-10(18)14-5-2/h8H,4-7H2,1-3H3,(H,14,18)(H2,13,15,16,17). The first-order valence-corrected chi connectivity index (χ1v) is 6.25. The lowest BCUT2D eigenvalue weighted by molar-refractivity contribution is -0.119. The highest BCUT2D eigenvalue weighted by Crippen LogP contribution is 2.20. The molecule has 0 fully saturated rings. The Morgan fingerprint density at radius 1 is 1.28 bits per heavy atom. The summed E-state index contributed by atoms with van der Waals surface area (Å²) in [5.41, 5.74) is 1.02. The second kappa shape index (κ2) is 7.47. The van der Waals surface area contributed by atoms with Gasteiger partial charge in [0.1, 0.15) is 18.0 Å². The number of anilines is 2. The summed E-state index contributed by atoms with van der Waals surface area (Å²) in [4.78, 5) is 19.8. The summed E-state index contributed by atoms with van der Waals surface area (Å²) in [5.74, 6) is 1.50. The van der Waals surface area contributed by atoms with Crippen LogP contribution in [0.4, 0.5) is 11.6 Å². The zero-order valence-electron chi connectivity index (χ0n) is 11.2. The van der Waals surface area contributed by atoms with Crippen LogP contribution in [0, 0.1) is 0 Å². The molecule has 1 aromatic heterocycles. The quantitative estimate of drug-likeness (QED) is 0.674. The highest BCUT2D eigenvalue weighted by Gasteiger charge is 2.10. The van der Waals surface area contributed by atoms with Crippen molar-refractivity contribution in [2.24, 2.45) is 0 Å². The molecule has 0 saturated heterocycles. The van der Waals surface area contributed by atoms with Crippen molar-refractivity contribution in [2.45, 2.75) is 26.7 Å². The number of likely N-dealkylation sites (N-methyl/N-ethyl adjacent to an activating group) is 1. The van der Waals surface area contributed by atoms with Gasteiger partial charge in [-0.3, -0.25) is 4.79 Å². The van der Waals surface area contributed by atoms with Gasteiger partial charge in [-0.1, -0.05) is 13.3 Å². The van der Waals surface area contributed by atoms with Crippen LogP contribution in [0.15, 0.2) is 6.33 Å². The van der Waals surface area contributed by atoms with Gasteiger partial charge in [0.2, 0.25) is 5.91 Å². The molecule has 1 heterocycles. The number of carbonyl (C=O) groups is 1. The van der Waals surface area contributed by atoms with Gasteiger partial charge >= 0.3 is 0 Å². The van der Waals surface area contributed by atoms with Gasteiger partial charge in [0, 0.05) is 19.2 Å². The Bertz CT molecular complexity index is 394. The number of carbonyl (C=O) groups excluding carboxylic acids is 1. The Kier molecular flexibility index (Phi) is 5.90. The Morgan fingerprint density at radius 3 is 2.61 bits per heavy atom. The van der Waals surface area contributed by atoms with E-state index in [1.54, 1.807) is 0 Å². The first kappa shape index (κ1) is 14.2. The Labute approximate surface area is 108 Å². The van der Waals surface area contributed by atoms with E-state index >= 15 is 0 Å². The van der Waals surface area contributed by atoms with E-state index in [0.717, 1.165) is 30.0 Å². The number of amides is 1. The van der Waals surface area contributed by atoms with E-state index < -0.39 is 0 Å². The molecule has 0 unspecified atom stereocenters. The van der Waals surface area contributed by atoms with Crippen LogP contribution >= 0.6 is 0 Å². The minimum absolute atomic E-state index is 0.0374. The fourth-order valence-electron chi connectivity index (χ4n) is 1.69. The monoisotopic (exact) mass is 251 g/mol. The molecule has 100 valence electrons. The third-order valence-electron chi connectivity index (χ3n) is 2.47. The molecule has 1 rings (SSSR count). The van der Waals surface area contributed by atoms with Crippen molar-refractivity contribution >= 4 is 17.5 Å². The molecule has 0 atom stereocenters. The molecule has 6 heteroatoms. The van der Waals surface area contributed by atoms with E-state index in [1.807, 2.05) is 14.0 Å². The van der Waals surface area contributed by atoms with Crippen molar-refractivity contribution in [1.29, 1.82) is 0 Å². The summed E-state index contributed by atoms with van der Waals surface area (Å²) in [6.07, 6.45) is 3.36. The maximum Gasteiger partial charge on any atom is 0.239 e. The minimum Gasteiger partial charge on any atom is -0.373 e. The summed E-state index contributed by atoms with van der Waals surface area (Å²) in [5, 5.41) is 8.83. The molecule has 1 aromatic rings. The fraction of sp³-hybridized carbons (Fsp3) is 0.583. The van der Waals surface area contributed by atoms with Crippen molar-refractivity contribution < 1.29 is 4.79 Å². The molecular formula is C12H21N5O. The molecule has 6 nitrogen and oxygen atoms in total. The van der Waals surface area contributed by atoms with Gasteiger partial charge < -0.3 is 16.0 Å². The van der Waals surface area contributed by atoms with Gasteiger partial charge in [-0.2, -0.15) is 0 Å². The Hall–Kier alpha value is -1.85. The van der Waals surface area contributed by atoms with Gasteiger partial charge in [0.15, 0.2) is 0 Å². The Morgan fingerprint density at radius 2 is 2.00 bits per heavy atom. The van der Waals surface area contributed by atoms with Crippen LogP contribution in [-0.4, -0.2) is 36.0 Å². The van der Waals surface area contributed by atoms with Gasteiger partial charge in [-0.05, 0) is 13.3 Å². The third kappa shape index (κ3) is 3.87. The van der Waals surface area contributed by atoms with E-state index in [9.17, 15) is 4.79 Å². The molecule has 0 radical (unpaired) electrons. The van der Waals surface area contributed by atoms with E-state index in [0.29, 0.717) is 6.54 Å². The molecule has 0 spiro atoms. The van der Waals surface area contributed by atoms with E-state index in [1.165, 1.54) is 6.33 Å². The first-order chi connectivity index (χ1) is 8.72. The predicted octanol–water partition coefficient (Wildman–Crippen LogP) is 1.02. The average molecular weight is 251 g/mol. The van der Waals surface area contributed by atoms with Crippen molar-refractivity contribution in [1.82, 2.24) is 15.3 Å². The summed E-state index contributed by atoms with van der Waals surface area (Å²) in [7, 11) is 1.83. The van der Waals surface area contributed by atoms with Gasteiger partial charge in [-0.25, -0.2) is 9.97 Å². The van der Waals surface area contributed by atoms with Gasteiger partial charge in [-0.15, -0.1) is 0 Å². The third-order valence-corrected chi connectivity index (χ3v) is 2.47. The summed E-state index contributed by atoms with van der Waals surface area (Å²) < 4.78 is 0. The van der Waals surface area contributed by atoms with Crippen molar-refractivity contribution in [3.63, 3.8) is 0 Å². The Balaban J connectivity index is 2.77. The number of rotatable bonds is 7. The first-order valence-electron chi connectivity index (χ1n) is 6.25. The average Bonchev–Trinajstić information content (AvgIpc) is 2.38. The van der Waals surface area contributed by atoms with Crippen molar-refractivity contribution in [3.05, 3.63) is 11.9 Å². The van der Waals surface area contributed by atoms with Crippen LogP contribution in [0.2, 0.25) is 0 Å². The van der Waals surface area contributed by atoms with Crippen LogP contribution < -0.4 is 16.0 Å². The predicted molar refractivity (Wildman–Crippen MR) is 72.7 cm³/mol. The number of hydrogen-bond acceptors (Lipinski definition) is 5. The maximum absolute atomic E-state index is 11.4. The second-order valence-electron chi connectivity index (χ2n) is 3.86. The summed E-state index contributed by atoms with van der Waals surface area (Å²) >= 11 is 0. The minimum atomic E-state index is -0.0374. The lowest BCUT2D eigenvalue weighted by Gasteiger charge is -2.13. The molecule has 18 heavy (non-hydrogen) atoms. The largest absolute Gasteiger partial charge is 0.373 e. The van der Waals surface area contributed by atoms with Gasteiger partial charge in [0.25, 0.3) is 0 Å². The van der Waals surface area contributed by atoms with E-state index in [-0.39, 0.29) is 12.5 Å². The molecule has 0 aliphatic rings. The number of aromatic nitrogens is 2. The second-order valence-corrected chi connectivity index (χ2v) is 3.86. The van der Waals surface area contributed by atoms with E-state index in [4.69, 9.17) is 0 Å². The van der Waals surface area contributed by atoms with Crippen LogP contribution in [0.3, 0.4) is 0 Å². The summed E-state index contributed by atoms with van der Waals surface area (Å²) in [6, 6.07) is 0. The molecule has 1 amide bonds. The normalized spacial score (nSPS) is 9.94. The molecule has 0 aliphatic heterocycles. The van der Waals surface area contributed by atoms with E-state index in [2.05, 4.69) is 32.8 Å². The number of nitrogens with one attached hydrogen (secondary N) is 3. The maximum atomic E-state index is 11.4. The zero-order valence-corrected chi connectivity index (χ0v) is 11.2. The molecule has 0 aliphatic carbocycles. The highest BCUT2D eigenvalue weighted by atomic mass is 16.1.